The van der Waals surface area contributed by atoms with Gasteiger partial charge in [0.25, 0.3) is 11.6 Å². The van der Waals surface area contributed by atoms with Crippen LogP contribution in [-0.2, 0) is 0 Å². The fourth-order valence-electron chi connectivity index (χ4n) is 2.74. The van der Waals surface area contributed by atoms with Gasteiger partial charge in [0.1, 0.15) is 0 Å². The molecule has 1 amide bonds. The summed E-state index contributed by atoms with van der Waals surface area (Å²) in [7, 11) is 0. The SMILES string of the molecule is O=C(c1ccco1)N1CCC(Nc2ccc([N+](=O)[O-])cc2Br)CC1. The van der Waals surface area contributed by atoms with Crippen LogP contribution in [0.15, 0.2) is 45.5 Å². The van der Waals surface area contributed by atoms with Gasteiger partial charge in [0.05, 0.1) is 11.2 Å². The number of furan rings is 1. The first-order valence-corrected chi connectivity index (χ1v) is 8.37. The maximum Gasteiger partial charge on any atom is 0.289 e. The van der Waals surface area contributed by atoms with Gasteiger partial charge in [-0.15, -0.1) is 0 Å². The number of nitro benzene ring substituents is 1. The molecule has 0 atom stereocenters. The molecule has 1 aromatic carbocycles. The third-order valence-electron chi connectivity index (χ3n) is 4.04. The number of carbonyl (C=O) groups is 1. The Labute approximate surface area is 146 Å². The smallest absolute Gasteiger partial charge is 0.289 e. The lowest BCUT2D eigenvalue weighted by Gasteiger charge is -2.32. The highest BCUT2D eigenvalue weighted by molar-refractivity contribution is 9.10. The molecule has 1 aliphatic rings. The number of carbonyl (C=O) groups excluding carboxylic acids is 1. The number of nitrogens with zero attached hydrogens (tertiary/aromatic N) is 2. The lowest BCUT2D eigenvalue weighted by Crippen LogP contribution is -2.42. The van der Waals surface area contributed by atoms with Crippen molar-refractivity contribution in [3.8, 4) is 0 Å². The molecule has 1 saturated heterocycles. The minimum Gasteiger partial charge on any atom is -0.459 e. The molecule has 126 valence electrons. The zero-order valence-corrected chi connectivity index (χ0v) is 14.4. The van der Waals surface area contributed by atoms with Crippen LogP contribution in [0.2, 0.25) is 0 Å². The number of anilines is 1. The lowest BCUT2D eigenvalue weighted by atomic mass is 10.0. The van der Waals surface area contributed by atoms with Crippen molar-refractivity contribution in [2.75, 3.05) is 18.4 Å². The minimum atomic E-state index is -0.423. The Kier molecular flexibility index (Phi) is 4.84. The second-order valence-electron chi connectivity index (χ2n) is 5.61. The van der Waals surface area contributed by atoms with E-state index in [2.05, 4.69) is 21.2 Å². The van der Waals surface area contributed by atoms with Gasteiger partial charge in [-0.25, -0.2) is 0 Å². The van der Waals surface area contributed by atoms with Gasteiger partial charge in [-0.2, -0.15) is 0 Å². The number of non-ortho nitro benzene ring substituents is 1. The molecule has 0 saturated carbocycles. The molecule has 1 aliphatic heterocycles. The number of hydrogen-bond acceptors (Lipinski definition) is 5. The Bertz CT molecular complexity index is 740. The first kappa shape index (κ1) is 16.5. The Balaban J connectivity index is 1.58. The van der Waals surface area contributed by atoms with Crippen LogP contribution < -0.4 is 5.32 Å². The van der Waals surface area contributed by atoms with E-state index in [1.54, 1.807) is 23.1 Å². The topological polar surface area (TPSA) is 88.6 Å². The molecular weight excluding hydrogens is 378 g/mol. The molecule has 7 nitrogen and oxygen atoms in total. The van der Waals surface area contributed by atoms with E-state index >= 15 is 0 Å². The first-order chi connectivity index (χ1) is 11.5. The van der Waals surface area contributed by atoms with Crippen molar-refractivity contribution in [3.05, 3.63) is 56.9 Å². The van der Waals surface area contributed by atoms with Gasteiger partial charge in [0.2, 0.25) is 0 Å². The van der Waals surface area contributed by atoms with Gasteiger partial charge in [-0.05, 0) is 47.0 Å². The summed E-state index contributed by atoms with van der Waals surface area (Å²) in [5.41, 5.74) is 0.864. The monoisotopic (exact) mass is 393 g/mol. The Hall–Kier alpha value is -2.35. The fourth-order valence-corrected chi connectivity index (χ4v) is 3.22. The van der Waals surface area contributed by atoms with Crippen LogP contribution in [0.25, 0.3) is 0 Å². The number of hydrogen-bond donors (Lipinski definition) is 1. The minimum absolute atomic E-state index is 0.0475. The molecule has 1 N–H and O–H groups in total. The van der Waals surface area contributed by atoms with Crippen molar-refractivity contribution < 1.29 is 14.1 Å². The van der Waals surface area contributed by atoms with E-state index in [4.69, 9.17) is 4.42 Å². The second kappa shape index (κ2) is 7.04. The van der Waals surface area contributed by atoms with Crippen molar-refractivity contribution in [2.24, 2.45) is 0 Å². The first-order valence-electron chi connectivity index (χ1n) is 7.58. The van der Waals surface area contributed by atoms with Crippen LogP contribution in [0, 0.1) is 10.1 Å². The summed E-state index contributed by atoms with van der Waals surface area (Å²) in [5.74, 6) is 0.273. The van der Waals surface area contributed by atoms with Crippen molar-refractivity contribution in [1.29, 1.82) is 0 Å². The lowest BCUT2D eigenvalue weighted by molar-refractivity contribution is -0.384. The highest BCUT2D eigenvalue weighted by Crippen LogP contribution is 2.29. The number of likely N-dealkylation sites (tertiary alicyclic amines) is 1. The van der Waals surface area contributed by atoms with Crippen molar-refractivity contribution in [3.63, 3.8) is 0 Å². The largest absolute Gasteiger partial charge is 0.459 e. The van der Waals surface area contributed by atoms with Crippen LogP contribution in [0.1, 0.15) is 23.4 Å². The predicted molar refractivity (Wildman–Crippen MR) is 92.1 cm³/mol. The van der Waals surface area contributed by atoms with Gasteiger partial charge in [-0.3, -0.25) is 14.9 Å². The molecule has 2 heterocycles. The van der Waals surface area contributed by atoms with Crippen molar-refractivity contribution in [2.45, 2.75) is 18.9 Å². The number of benzene rings is 1. The predicted octanol–water partition coefficient (Wildman–Crippen LogP) is 3.67. The van der Waals surface area contributed by atoms with E-state index in [9.17, 15) is 14.9 Å². The number of halogens is 1. The molecule has 1 aromatic heterocycles. The number of nitro groups is 1. The molecule has 0 spiro atoms. The summed E-state index contributed by atoms with van der Waals surface area (Å²) in [4.78, 5) is 24.3. The van der Waals surface area contributed by atoms with Crippen LogP contribution in [0.3, 0.4) is 0 Å². The van der Waals surface area contributed by atoms with Crippen molar-refractivity contribution in [1.82, 2.24) is 4.90 Å². The Morgan fingerprint density at radius 3 is 2.67 bits per heavy atom. The van der Waals surface area contributed by atoms with E-state index in [1.165, 1.54) is 18.4 Å². The zero-order chi connectivity index (χ0) is 17.1. The molecule has 8 heteroatoms. The van der Waals surface area contributed by atoms with E-state index in [0.29, 0.717) is 23.3 Å². The van der Waals surface area contributed by atoms with Gasteiger partial charge in [0, 0.05) is 41.4 Å². The number of nitrogens with one attached hydrogen (secondary N) is 1. The molecule has 0 bridgehead atoms. The number of rotatable bonds is 4. The summed E-state index contributed by atoms with van der Waals surface area (Å²) in [6.07, 6.45) is 3.10. The van der Waals surface area contributed by atoms with Gasteiger partial charge >= 0.3 is 0 Å². The van der Waals surface area contributed by atoms with Crippen LogP contribution in [-0.4, -0.2) is 34.9 Å². The zero-order valence-electron chi connectivity index (χ0n) is 12.8. The normalized spacial score (nSPS) is 15.3. The number of amides is 1. The van der Waals surface area contributed by atoms with E-state index in [1.807, 2.05) is 0 Å². The molecule has 3 rings (SSSR count). The molecule has 1 fully saturated rings. The molecule has 0 unspecified atom stereocenters. The van der Waals surface area contributed by atoms with Gasteiger partial charge < -0.3 is 14.6 Å². The molecular formula is C16H16BrN3O4. The Morgan fingerprint density at radius 1 is 1.33 bits per heavy atom. The maximum atomic E-state index is 12.2. The Morgan fingerprint density at radius 2 is 2.08 bits per heavy atom. The van der Waals surface area contributed by atoms with E-state index in [0.717, 1.165) is 18.5 Å². The summed E-state index contributed by atoms with van der Waals surface area (Å²) in [5, 5.41) is 14.1. The van der Waals surface area contributed by atoms with E-state index in [-0.39, 0.29) is 17.6 Å². The standard InChI is InChI=1S/C16H16BrN3O4/c17-13-10-12(20(22)23)3-4-14(13)18-11-5-7-19(8-6-11)16(21)15-2-1-9-24-15/h1-4,9-11,18H,5-8H2. The van der Waals surface area contributed by atoms with Crippen LogP contribution in [0.5, 0.6) is 0 Å². The third-order valence-corrected chi connectivity index (χ3v) is 4.69. The maximum absolute atomic E-state index is 12.2. The summed E-state index contributed by atoms with van der Waals surface area (Å²) >= 11 is 3.36. The van der Waals surface area contributed by atoms with Gasteiger partial charge in [0.15, 0.2) is 5.76 Å². The average Bonchev–Trinajstić information content (AvgIpc) is 3.11. The summed E-state index contributed by atoms with van der Waals surface area (Å²) in [6.45, 7) is 1.28. The van der Waals surface area contributed by atoms with Gasteiger partial charge in [-0.1, -0.05) is 0 Å². The molecule has 24 heavy (non-hydrogen) atoms. The highest BCUT2D eigenvalue weighted by Gasteiger charge is 2.25. The van der Waals surface area contributed by atoms with Crippen LogP contribution in [0.4, 0.5) is 11.4 Å². The van der Waals surface area contributed by atoms with Crippen LogP contribution >= 0.6 is 15.9 Å². The number of piperidine rings is 1. The summed E-state index contributed by atoms with van der Waals surface area (Å²) in [6, 6.07) is 8.24. The summed E-state index contributed by atoms with van der Waals surface area (Å²) < 4.78 is 5.81. The molecule has 2 aromatic rings. The third kappa shape index (κ3) is 3.59. The highest BCUT2D eigenvalue weighted by atomic mass is 79.9. The molecule has 0 aliphatic carbocycles. The van der Waals surface area contributed by atoms with Crippen molar-refractivity contribution >= 4 is 33.2 Å². The fraction of sp³-hybridized carbons (Fsp3) is 0.312. The molecule has 0 radical (unpaired) electrons. The second-order valence-corrected chi connectivity index (χ2v) is 6.46. The average molecular weight is 394 g/mol. The van der Waals surface area contributed by atoms with E-state index < -0.39 is 4.92 Å². The quantitative estimate of drug-likeness (QED) is 0.632.